The van der Waals surface area contributed by atoms with Crippen LogP contribution in [0.2, 0.25) is 0 Å². The summed E-state index contributed by atoms with van der Waals surface area (Å²) >= 11 is 0. The SMILES string of the molecule is O=C(O[C@H]1O[C@@H](COCc2ccccc2)[C@@H](OCc2ccccc2)[C@@H]1OCc1ccccc1)c1ccc([N+](=O)[O-])cc1. The number of carbonyl (C=O) groups is 1. The number of esters is 1. The van der Waals surface area contributed by atoms with Crippen molar-refractivity contribution in [1.29, 1.82) is 0 Å². The van der Waals surface area contributed by atoms with Crippen LogP contribution >= 0.6 is 0 Å². The molecule has 4 aromatic rings. The second-order valence-corrected chi connectivity index (χ2v) is 9.78. The maximum absolute atomic E-state index is 13.1. The van der Waals surface area contributed by atoms with E-state index in [1.54, 1.807) is 0 Å². The number of hydrogen-bond acceptors (Lipinski definition) is 8. The third-order valence-electron chi connectivity index (χ3n) is 6.77. The van der Waals surface area contributed by atoms with Gasteiger partial charge in [-0.2, -0.15) is 0 Å². The summed E-state index contributed by atoms with van der Waals surface area (Å²) in [6.45, 7) is 1.07. The monoisotopic (exact) mass is 569 g/mol. The quantitative estimate of drug-likeness (QED) is 0.112. The van der Waals surface area contributed by atoms with Gasteiger partial charge in [0, 0.05) is 12.1 Å². The summed E-state index contributed by atoms with van der Waals surface area (Å²) in [5.74, 6) is -0.698. The lowest BCUT2D eigenvalue weighted by Crippen LogP contribution is -2.40. The second-order valence-electron chi connectivity index (χ2n) is 9.78. The summed E-state index contributed by atoms with van der Waals surface area (Å²) in [5.41, 5.74) is 2.93. The first kappa shape index (κ1) is 29.1. The van der Waals surface area contributed by atoms with Crippen LogP contribution in [0.1, 0.15) is 27.0 Å². The van der Waals surface area contributed by atoms with E-state index in [1.165, 1.54) is 24.3 Å². The molecule has 1 aliphatic rings. The predicted molar refractivity (Wildman–Crippen MR) is 153 cm³/mol. The Morgan fingerprint density at radius 3 is 1.71 bits per heavy atom. The highest BCUT2D eigenvalue weighted by atomic mass is 16.7. The standard InChI is InChI=1S/C33H31NO8/c35-32(27-16-18-28(19-17-27)34(36)37)42-33-31(40-22-26-14-8-3-9-15-26)30(39-21-25-12-6-2-7-13-25)29(41-33)23-38-20-24-10-4-1-5-11-24/h1-19,29-31,33H,20-23H2/t29-,30+,31-,33+/m0/s1. The van der Waals surface area contributed by atoms with Gasteiger partial charge in [-0.3, -0.25) is 10.1 Å². The molecule has 5 rings (SSSR count). The van der Waals surface area contributed by atoms with Crippen LogP contribution in [-0.4, -0.2) is 42.1 Å². The highest BCUT2D eigenvalue weighted by molar-refractivity contribution is 5.89. The molecule has 0 bridgehead atoms. The summed E-state index contributed by atoms with van der Waals surface area (Å²) in [5, 5.41) is 11.0. The highest BCUT2D eigenvalue weighted by Crippen LogP contribution is 2.31. The molecule has 42 heavy (non-hydrogen) atoms. The molecular weight excluding hydrogens is 538 g/mol. The lowest BCUT2D eigenvalue weighted by atomic mass is 10.1. The second kappa shape index (κ2) is 14.5. The van der Waals surface area contributed by atoms with Gasteiger partial charge in [-0.1, -0.05) is 91.0 Å². The van der Waals surface area contributed by atoms with Crippen LogP contribution in [-0.2, 0) is 43.5 Å². The summed E-state index contributed by atoms with van der Waals surface area (Å²) in [6, 6.07) is 34.3. The van der Waals surface area contributed by atoms with Crippen molar-refractivity contribution in [1.82, 2.24) is 0 Å². The number of non-ortho nitro benzene ring substituents is 1. The fourth-order valence-electron chi connectivity index (χ4n) is 4.59. The van der Waals surface area contributed by atoms with Gasteiger partial charge in [0.1, 0.15) is 18.3 Å². The van der Waals surface area contributed by atoms with Crippen molar-refractivity contribution >= 4 is 11.7 Å². The van der Waals surface area contributed by atoms with E-state index in [0.29, 0.717) is 6.61 Å². The van der Waals surface area contributed by atoms with Crippen molar-refractivity contribution in [2.45, 2.75) is 44.4 Å². The molecule has 216 valence electrons. The number of nitrogens with zero attached hydrogens (tertiary/aromatic N) is 1. The molecule has 0 aliphatic carbocycles. The highest BCUT2D eigenvalue weighted by Gasteiger charge is 2.48. The molecule has 0 spiro atoms. The number of rotatable bonds is 13. The summed E-state index contributed by atoms with van der Waals surface area (Å²) in [4.78, 5) is 23.6. The van der Waals surface area contributed by atoms with E-state index in [-0.39, 0.29) is 31.1 Å². The van der Waals surface area contributed by atoms with E-state index in [0.717, 1.165) is 16.7 Å². The normalized spacial score (nSPS) is 19.8. The van der Waals surface area contributed by atoms with Crippen molar-refractivity contribution < 1.29 is 33.4 Å². The van der Waals surface area contributed by atoms with Crippen LogP contribution in [0.4, 0.5) is 5.69 Å². The van der Waals surface area contributed by atoms with Crippen LogP contribution in [0, 0.1) is 10.1 Å². The van der Waals surface area contributed by atoms with Crippen LogP contribution in [0.3, 0.4) is 0 Å². The molecular formula is C33H31NO8. The summed E-state index contributed by atoms with van der Waals surface area (Å²) < 4.78 is 30.7. The van der Waals surface area contributed by atoms with Crippen molar-refractivity contribution in [2.24, 2.45) is 0 Å². The molecule has 1 fully saturated rings. The smallest absolute Gasteiger partial charge is 0.340 e. The summed E-state index contributed by atoms with van der Waals surface area (Å²) in [7, 11) is 0. The van der Waals surface area contributed by atoms with Gasteiger partial charge in [-0.25, -0.2) is 4.79 Å². The maximum atomic E-state index is 13.1. The third kappa shape index (κ3) is 7.86. The minimum absolute atomic E-state index is 0.127. The molecule has 0 saturated carbocycles. The van der Waals surface area contributed by atoms with Crippen molar-refractivity contribution in [3.8, 4) is 0 Å². The Balaban J connectivity index is 1.35. The first-order chi connectivity index (χ1) is 20.6. The maximum Gasteiger partial charge on any atom is 0.340 e. The van der Waals surface area contributed by atoms with Crippen molar-refractivity contribution in [2.75, 3.05) is 6.61 Å². The van der Waals surface area contributed by atoms with Crippen LogP contribution in [0.5, 0.6) is 0 Å². The van der Waals surface area contributed by atoms with Crippen molar-refractivity contribution in [3.63, 3.8) is 0 Å². The molecule has 0 aromatic heterocycles. The molecule has 0 N–H and O–H groups in total. The fraction of sp³-hybridized carbons (Fsp3) is 0.242. The molecule has 1 saturated heterocycles. The Kier molecular flexibility index (Phi) is 10.0. The van der Waals surface area contributed by atoms with Gasteiger partial charge in [0.25, 0.3) is 5.69 Å². The Bertz CT molecular complexity index is 1420. The first-order valence-corrected chi connectivity index (χ1v) is 13.6. The Hall–Kier alpha value is -4.41. The Morgan fingerprint density at radius 1 is 0.690 bits per heavy atom. The van der Waals surface area contributed by atoms with Gasteiger partial charge in [-0.15, -0.1) is 0 Å². The lowest BCUT2D eigenvalue weighted by molar-refractivity contribution is -0.384. The number of carbonyl (C=O) groups excluding carboxylic acids is 1. The molecule has 0 unspecified atom stereocenters. The van der Waals surface area contributed by atoms with Gasteiger partial charge in [0.05, 0.1) is 36.9 Å². The Labute approximate surface area is 243 Å². The first-order valence-electron chi connectivity index (χ1n) is 13.6. The molecule has 0 radical (unpaired) electrons. The van der Waals surface area contributed by atoms with E-state index in [1.807, 2.05) is 91.0 Å². The molecule has 1 heterocycles. The average molecular weight is 570 g/mol. The van der Waals surface area contributed by atoms with Crippen LogP contribution < -0.4 is 0 Å². The van der Waals surface area contributed by atoms with Crippen molar-refractivity contribution in [3.05, 3.63) is 148 Å². The molecule has 0 amide bonds. The zero-order chi connectivity index (χ0) is 29.1. The van der Waals surface area contributed by atoms with E-state index in [9.17, 15) is 14.9 Å². The minimum Gasteiger partial charge on any atom is -0.429 e. The van der Waals surface area contributed by atoms with Crippen LogP contribution in [0.15, 0.2) is 115 Å². The number of nitro benzene ring substituents is 1. The summed E-state index contributed by atoms with van der Waals surface area (Å²) in [6.07, 6.45) is -3.11. The minimum atomic E-state index is -1.11. The molecule has 4 aromatic carbocycles. The number of ether oxygens (including phenoxy) is 5. The van der Waals surface area contributed by atoms with Gasteiger partial charge in [-0.05, 0) is 28.8 Å². The zero-order valence-corrected chi connectivity index (χ0v) is 22.8. The number of benzene rings is 4. The van der Waals surface area contributed by atoms with Gasteiger partial charge < -0.3 is 23.7 Å². The Morgan fingerprint density at radius 2 is 1.19 bits per heavy atom. The largest absolute Gasteiger partial charge is 0.429 e. The fourth-order valence-corrected chi connectivity index (χ4v) is 4.59. The number of nitro groups is 1. The number of hydrogen-bond donors (Lipinski definition) is 0. The molecule has 1 aliphatic heterocycles. The third-order valence-corrected chi connectivity index (χ3v) is 6.77. The van der Waals surface area contributed by atoms with Crippen LogP contribution in [0.25, 0.3) is 0 Å². The van der Waals surface area contributed by atoms with Gasteiger partial charge in [0.2, 0.25) is 6.29 Å². The van der Waals surface area contributed by atoms with Gasteiger partial charge in [0.15, 0.2) is 0 Å². The zero-order valence-electron chi connectivity index (χ0n) is 22.8. The van der Waals surface area contributed by atoms with E-state index >= 15 is 0 Å². The van der Waals surface area contributed by atoms with E-state index in [2.05, 4.69) is 0 Å². The molecule has 9 nitrogen and oxygen atoms in total. The molecule has 4 atom stereocenters. The average Bonchev–Trinajstić information content (AvgIpc) is 3.35. The topological polar surface area (TPSA) is 106 Å². The predicted octanol–water partition coefficient (Wildman–Crippen LogP) is 5.86. The van der Waals surface area contributed by atoms with E-state index in [4.69, 9.17) is 23.7 Å². The van der Waals surface area contributed by atoms with E-state index < -0.39 is 35.5 Å². The lowest BCUT2D eigenvalue weighted by Gasteiger charge is -2.25. The van der Waals surface area contributed by atoms with Gasteiger partial charge >= 0.3 is 5.97 Å². The molecule has 9 heteroatoms.